The molecule has 6 heteroatoms. The van der Waals surface area contributed by atoms with Gasteiger partial charge >= 0.3 is 0 Å². The van der Waals surface area contributed by atoms with Crippen molar-refractivity contribution in [2.45, 2.75) is 135 Å². The monoisotopic (exact) mass is 504 g/mol. The van der Waals surface area contributed by atoms with Crippen LogP contribution in [0.5, 0.6) is 0 Å². The van der Waals surface area contributed by atoms with E-state index < -0.39 is 41.2 Å². The number of hydrogen-bond donors (Lipinski definition) is 4. The lowest BCUT2D eigenvalue weighted by Crippen LogP contribution is -2.60. The summed E-state index contributed by atoms with van der Waals surface area (Å²) >= 11 is 0. The normalized spacial score (nSPS) is 64.6. The molecule has 7 fully saturated rings. The summed E-state index contributed by atoms with van der Waals surface area (Å²) in [6, 6.07) is 0. The first kappa shape index (κ1) is 24.8. The molecule has 2 heterocycles. The van der Waals surface area contributed by atoms with Gasteiger partial charge in [-0.05, 0) is 98.2 Å². The van der Waals surface area contributed by atoms with Crippen LogP contribution in [-0.4, -0.2) is 62.3 Å². The van der Waals surface area contributed by atoms with Crippen LogP contribution in [0.1, 0.15) is 93.4 Å². The predicted molar refractivity (Wildman–Crippen MR) is 134 cm³/mol. The van der Waals surface area contributed by atoms with Gasteiger partial charge in [0.25, 0.3) is 0 Å². The number of aliphatic hydroxyl groups is 4. The van der Waals surface area contributed by atoms with Gasteiger partial charge in [0.2, 0.25) is 0 Å². The van der Waals surface area contributed by atoms with Crippen molar-refractivity contribution in [1.29, 1.82) is 0 Å². The van der Waals surface area contributed by atoms with Gasteiger partial charge in [-0.15, -0.1) is 0 Å². The molecule has 204 valence electrons. The third-order valence-corrected chi connectivity index (χ3v) is 14.3. The molecule has 14 atom stereocenters. The summed E-state index contributed by atoms with van der Waals surface area (Å²) in [5, 5.41) is 45.8. The van der Waals surface area contributed by atoms with E-state index in [1.54, 1.807) is 13.8 Å². The van der Waals surface area contributed by atoms with Gasteiger partial charge in [0.05, 0.1) is 17.8 Å². The molecular formula is C30H48O6. The van der Waals surface area contributed by atoms with Gasteiger partial charge in [-0.3, -0.25) is 0 Å². The fourth-order valence-electron chi connectivity index (χ4n) is 12.6. The van der Waals surface area contributed by atoms with Crippen molar-refractivity contribution >= 4 is 0 Å². The fourth-order valence-corrected chi connectivity index (χ4v) is 12.6. The molecular weight excluding hydrogens is 456 g/mol. The number of fused-ring (bicyclic) bond motifs is 4. The van der Waals surface area contributed by atoms with Crippen LogP contribution < -0.4 is 0 Å². The topological polar surface area (TPSA) is 99.4 Å². The van der Waals surface area contributed by atoms with E-state index in [1.807, 2.05) is 0 Å². The molecule has 2 bridgehead atoms. The quantitative estimate of drug-likeness (QED) is 0.435. The van der Waals surface area contributed by atoms with Crippen LogP contribution in [-0.2, 0) is 9.47 Å². The Labute approximate surface area is 216 Å². The summed E-state index contributed by atoms with van der Waals surface area (Å²) < 4.78 is 13.3. The number of ether oxygens (including phenoxy) is 2. The first-order chi connectivity index (χ1) is 16.5. The summed E-state index contributed by atoms with van der Waals surface area (Å²) in [5.74, 6) is -0.542. The van der Waals surface area contributed by atoms with Crippen LogP contribution in [0.15, 0.2) is 0 Å². The van der Waals surface area contributed by atoms with Crippen molar-refractivity contribution in [3.8, 4) is 0 Å². The lowest BCUT2D eigenvalue weighted by atomic mass is 9.41. The van der Waals surface area contributed by atoms with E-state index in [0.717, 1.165) is 38.5 Å². The highest BCUT2D eigenvalue weighted by Crippen LogP contribution is 2.90. The van der Waals surface area contributed by atoms with Crippen LogP contribution in [0.25, 0.3) is 0 Å². The minimum Gasteiger partial charge on any atom is -0.393 e. The number of hydrogen-bond acceptors (Lipinski definition) is 6. The maximum atomic E-state index is 12.5. The van der Waals surface area contributed by atoms with Crippen molar-refractivity contribution in [2.24, 2.45) is 50.7 Å². The van der Waals surface area contributed by atoms with Crippen LogP contribution >= 0.6 is 0 Å². The van der Waals surface area contributed by atoms with Crippen LogP contribution in [0.2, 0.25) is 0 Å². The van der Waals surface area contributed by atoms with E-state index in [2.05, 4.69) is 34.6 Å². The highest BCUT2D eigenvalue weighted by atomic mass is 16.8. The molecule has 5 aliphatic carbocycles. The summed E-state index contributed by atoms with van der Waals surface area (Å²) in [5.41, 5.74) is -1.44. The van der Waals surface area contributed by atoms with Gasteiger partial charge in [-0.2, -0.15) is 0 Å². The molecule has 0 unspecified atom stereocenters. The zero-order valence-corrected chi connectivity index (χ0v) is 23.3. The largest absolute Gasteiger partial charge is 0.393 e. The standard InChI is InChI=1S/C30H48O6/c1-15-19(32)20-22(25(4,5)34)36-30(35-20)21(15)26(6)12-13-29-14-28(29)11-10-18(31)24(2,3)16(28)8-9-17(29)27(26,7)23(30)33/h15-23,31-34H,8-14H2,1-7H3/t15-,16-,17+,18-,19-,20-,21-,22+,23-,26+,27-,28+,29-,30+/m1/s1. The Morgan fingerprint density at radius 1 is 0.833 bits per heavy atom. The van der Waals surface area contributed by atoms with Crippen molar-refractivity contribution in [2.75, 3.05) is 0 Å². The third kappa shape index (κ3) is 2.29. The van der Waals surface area contributed by atoms with E-state index in [9.17, 15) is 20.4 Å². The van der Waals surface area contributed by atoms with Crippen LogP contribution in [0.4, 0.5) is 0 Å². The maximum Gasteiger partial charge on any atom is 0.199 e. The molecule has 2 saturated heterocycles. The first-order valence-electron chi connectivity index (χ1n) is 14.7. The zero-order valence-electron chi connectivity index (χ0n) is 23.3. The second-order valence-corrected chi connectivity index (χ2v) is 16.0. The molecule has 2 aliphatic heterocycles. The number of aliphatic hydroxyl groups excluding tert-OH is 3. The summed E-state index contributed by atoms with van der Waals surface area (Å²) in [6.07, 6.45) is 4.37. The van der Waals surface area contributed by atoms with Crippen LogP contribution in [0, 0.1) is 50.7 Å². The molecule has 3 spiro atoms. The third-order valence-electron chi connectivity index (χ3n) is 14.3. The second kappa shape index (κ2) is 6.55. The smallest absolute Gasteiger partial charge is 0.199 e. The molecule has 6 nitrogen and oxygen atoms in total. The Bertz CT molecular complexity index is 990. The zero-order chi connectivity index (χ0) is 26.1. The van der Waals surface area contributed by atoms with Crippen molar-refractivity contribution < 1.29 is 29.9 Å². The fraction of sp³-hybridized carbons (Fsp3) is 1.00. The SMILES string of the molecule is C[C@@H]1[C@@H](O)[C@H]2O[C@@]3(O[C@@H]2C(C)(C)O)[C@H](O)[C@@]2(C)[C@@H]4CC[C@@H]5C(C)(C)[C@H](O)CC[C@]56C[C@]46CC[C@@]2(C)[C@@H]13. The van der Waals surface area contributed by atoms with Gasteiger partial charge in [0.1, 0.15) is 18.3 Å². The molecule has 7 aliphatic rings. The second-order valence-electron chi connectivity index (χ2n) is 16.0. The molecule has 0 aromatic carbocycles. The molecule has 36 heavy (non-hydrogen) atoms. The minimum absolute atomic E-state index is 0.0706. The Balaban J connectivity index is 1.34. The average molecular weight is 505 g/mol. The van der Waals surface area contributed by atoms with E-state index >= 15 is 0 Å². The van der Waals surface area contributed by atoms with Crippen molar-refractivity contribution in [1.82, 2.24) is 0 Å². The van der Waals surface area contributed by atoms with Crippen molar-refractivity contribution in [3.05, 3.63) is 0 Å². The molecule has 5 saturated carbocycles. The Kier molecular flexibility index (Phi) is 4.51. The average Bonchev–Trinajstić information content (AvgIpc) is 3.27. The lowest BCUT2D eigenvalue weighted by Gasteiger charge is -2.63. The predicted octanol–water partition coefficient (Wildman–Crippen LogP) is 3.63. The lowest BCUT2D eigenvalue weighted by molar-refractivity contribution is -0.295. The Morgan fingerprint density at radius 2 is 1.47 bits per heavy atom. The van der Waals surface area contributed by atoms with Gasteiger partial charge in [0, 0.05) is 11.3 Å². The van der Waals surface area contributed by atoms with E-state index in [4.69, 9.17) is 9.47 Å². The molecule has 7 rings (SSSR count). The van der Waals surface area contributed by atoms with E-state index in [-0.39, 0.29) is 39.6 Å². The summed E-state index contributed by atoms with van der Waals surface area (Å²) in [7, 11) is 0. The van der Waals surface area contributed by atoms with Crippen LogP contribution in [0.3, 0.4) is 0 Å². The highest BCUT2D eigenvalue weighted by molar-refractivity contribution is 5.34. The molecule has 4 N–H and O–H groups in total. The molecule has 0 amide bonds. The maximum absolute atomic E-state index is 12.5. The first-order valence-corrected chi connectivity index (χ1v) is 14.7. The van der Waals surface area contributed by atoms with Gasteiger partial charge in [0.15, 0.2) is 5.79 Å². The van der Waals surface area contributed by atoms with E-state index in [0.29, 0.717) is 11.8 Å². The highest BCUT2D eigenvalue weighted by Gasteiger charge is 2.88. The molecule has 0 radical (unpaired) electrons. The van der Waals surface area contributed by atoms with E-state index in [1.165, 1.54) is 6.42 Å². The van der Waals surface area contributed by atoms with Gasteiger partial charge < -0.3 is 29.9 Å². The Hall–Kier alpha value is -0.240. The molecule has 0 aromatic rings. The van der Waals surface area contributed by atoms with Gasteiger partial charge in [-0.1, -0.05) is 34.6 Å². The number of rotatable bonds is 1. The summed E-state index contributed by atoms with van der Waals surface area (Å²) in [6.45, 7) is 14.7. The Morgan fingerprint density at radius 3 is 2.14 bits per heavy atom. The summed E-state index contributed by atoms with van der Waals surface area (Å²) in [4.78, 5) is 0. The minimum atomic E-state index is -1.19. The molecule has 0 aromatic heterocycles. The van der Waals surface area contributed by atoms with Gasteiger partial charge in [-0.25, -0.2) is 0 Å². The van der Waals surface area contributed by atoms with Crippen molar-refractivity contribution in [3.63, 3.8) is 0 Å².